The van der Waals surface area contributed by atoms with Crippen LogP contribution >= 0.6 is 7.37 Å². The standard InChI is InChI=1S/C11H18N3O2P/c1-17(2,15)16-8-10-5-3-4-9(6-10)7-14-11(12)13/h3-6H,7-8H2,1-2H3,(H4,12,13,14). The summed E-state index contributed by atoms with van der Waals surface area (Å²) in [5, 5.41) is 0. The van der Waals surface area contributed by atoms with Crippen molar-refractivity contribution in [3.63, 3.8) is 0 Å². The van der Waals surface area contributed by atoms with Gasteiger partial charge in [-0.2, -0.15) is 0 Å². The second-order valence-electron chi connectivity index (χ2n) is 4.09. The quantitative estimate of drug-likeness (QED) is 0.474. The fraction of sp³-hybridized carbons (Fsp3) is 0.364. The SMILES string of the molecule is CP(C)(=O)OCc1cccc(CN=C(N)N)c1. The van der Waals surface area contributed by atoms with E-state index in [0.29, 0.717) is 13.2 Å². The first kappa shape index (κ1) is 13.7. The lowest BCUT2D eigenvalue weighted by atomic mass is 10.1. The van der Waals surface area contributed by atoms with E-state index in [1.807, 2.05) is 24.3 Å². The Morgan fingerprint density at radius 2 is 2.00 bits per heavy atom. The van der Waals surface area contributed by atoms with Crippen molar-refractivity contribution in [2.24, 2.45) is 16.5 Å². The first-order valence-corrected chi connectivity index (χ1v) is 7.71. The third kappa shape index (κ3) is 6.09. The Bertz CT molecular complexity index is 450. The molecule has 0 fully saturated rings. The Hall–Kier alpha value is -1.32. The number of aliphatic imine (C=N–C) groups is 1. The predicted molar refractivity (Wildman–Crippen MR) is 70.2 cm³/mol. The predicted octanol–water partition coefficient (Wildman–Crippen LogP) is 1.51. The molecule has 0 aliphatic heterocycles. The monoisotopic (exact) mass is 255 g/mol. The topological polar surface area (TPSA) is 90.7 Å². The number of guanidine groups is 1. The number of nitrogens with zero attached hydrogens (tertiary/aromatic N) is 1. The molecule has 0 radical (unpaired) electrons. The summed E-state index contributed by atoms with van der Waals surface area (Å²) in [4.78, 5) is 3.92. The van der Waals surface area contributed by atoms with E-state index < -0.39 is 7.37 Å². The normalized spacial score (nSPS) is 11.2. The summed E-state index contributed by atoms with van der Waals surface area (Å²) < 4.78 is 16.7. The number of benzene rings is 1. The van der Waals surface area contributed by atoms with Crippen LogP contribution in [-0.2, 0) is 22.2 Å². The minimum absolute atomic E-state index is 0.0678. The van der Waals surface area contributed by atoms with Gasteiger partial charge in [0.15, 0.2) is 13.3 Å². The van der Waals surface area contributed by atoms with Gasteiger partial charge in [0.05, 0.1) is 13.2 Å². The fourth-order valence-corrected chi connectivity index (χ4v) is 1.69. The van der Waals surface area contributed by atoms with Gasteiger partial charge in [0, 0.05) is 13.3 Å². The van der Waals surface area contributed by atoms with Gasteiger partial charge in [-0.3, -0.25) is 4.57 Å². The lowest BCUT2D eigenvalue weighted by molar-refractivity contribution is 0.310. The van der Waals surface area contributed by atoms with E-state index in [0.717, 1.165) is 11.1 Å². The molecule has 0 atom stereocenters. The van der Waals surface area contributed by atoms with Gasteiger partial charge in [0.25, 0.3) is 0 Å². The molecule has 1 rings (SSSR count). The van der Waals surface area contributed by atoms with Crippen LogP contribution in [0.5, 0.6) is 0 Å². The largest absolute Gasteiger partial charge is 0.370 e. The zero-order valence-corrected chi connectivity index (χ0v) is 11.0. The minimum Gasteiger partial charge on any atom is -0.370 e. The molecule has 0 aliphatic carbocycles. The van der Waals surface area contributed by atoms with E-state index in [9.17, 15) is 4.57 Å². The van der Waals surface area contributed by atoms with Gasteiger partial charge in [0.1, 0.15) is 0 Å². The number of nitrogens with two attached hydrogens (primary N) is 2. The molecule has 5 nitrogen and oxygen atoms in total. The first-order chi connectivity index (χ1) is 7.87. The average Bonchev–Trinajstić information content (AvgIpc) is 2.23. The summed E-state index contributed by atoms with van der Waals surface area (Å²) in [6.45, 7) is 3.96. The molecule has 1 aromatic rings. The zero-order chi connectivity index (χ0) is 12.9. The Morgan fingerprint density at radius 1 is 1.35 bits per heavy atom. The molecule has 0 spiro atoms. The average molecular weight is 255 g/mol. The molecular weight excluding hydrogens is 237 g/mol. The molecule has 0 heterocycles. The van der Waals surface area contributed by atoms with Gasteiger partial charge in [-0.25, -0.2) is 4.99 Å². The summed E-state index contributed by atoms with van der Waals surface area (Å²) in [5.41, 5.74) is 12.5. The maximum absolute atomic E-state index is 11.4. The van der Waals surface area contributed by atoms with Crippen molar-refractivity contribution in [3.05, 3.63) is 35.4 Å². The van der Waals surface area contributed by atoms with Crippen LogP contribution in [-0.4, -0.2) is 19.3 Å². The molecule has 0 aromatic heterocycles. The van der Waals surface area contributed by atoms with Crippen molar-refractivity contribution in [2.45, 2.75) is 13.2 Å². The lowest BCUT2D eigenvalue weighted by Crippen LogP contribution is -2.22. The van der Waals surface area contributed by atoms with Gasteiger partial charge in [0.2, 0.25) is 0 Å². The molecule has 1 aromatic carbocycles. The van der Waals surface area contributed by atoms with E-state index in [1.165, 1.54) is 0 Å². The third-order valence-electron chi connectivity index (χ3n) is 1.98. The number of hydrogen-bond donors (Lipinski definition) is 2. The Kier molecular flexibility index (Phi) is 4.73. The third-order valence-corrected chi connectivity index (χ3v) is 2.73. The van der Waals surface area contributed by atoms with Crippen molar-refractivity contribution in [1.82, 2.24) is 0 Å². The van der Waals surface area contributed by atoms with Crippen molar-refractivity contribution >= 4 is 13.3 Å². The molecule has 6 heteroatoms. The highest BCUT2D eigenvalue weighted by Gasteiger charge is 2.07. The second-order valence-corrected chi connectivity index (χ2v) is 6.85. The first-order valence-electron chi connectivity index (χ1n) is 5.19. The van der Waals surface area contributed by atoms with E-state index in [4.69, 9.17) is 16.0 Å². The van der Waals surface area contributed by atoms with Gasteiger partial charge in [-0.05, 0) is 11.1 Å². The molecule has 4 N–H and O–H groups in total. The van der Waals surface area contributed by atoms with Crippen LogP contribution in [0.1, 0.15) is 11.1 Å². The Labute approximate surface area is 101 Å². The van der Waals surface area contributed by atoms with E-state index >= 15 is 0 Å². The molecule has 0 unspecified atom stereocenters. The smallest absolute Gasteiger partial charge is 0.197 e. The number of hydrogen-bond acceptors (Lipinski definition) is 3. The Morgan fingerprint density at radius 3 is 2.59 bits per heavy atom. The molecule has 94 valence electrons. The molecule has 0 aliphatic rings. The molecule has 17 heavy (non-hydrogen) atoms. The van der Waals surface area contributed by atoms with Crippen molar-refractivity contribution < 1.29 is 9.09 Å². The molecule has 0 saturated carbocycles. The maximum Gasteiger partial charge on any atom is 0.197 e. The highest BCUT2D eigenvalue weighted by Crippen LogP contribution is 2.38. The van der Waals surface area contributed by atoms with Crippen LogP contribution in [0.15, 0.2) is 29.3 Å². The van der Waals surface area contributed by atoms with E-state index in [1.54, 1.807) is 13.3 Å². The van der Waals surface area contributed by atoms with Gasteiger partial charge >= 0.3 is 0 Å². The van der Waals surface area contributed by atoms with Crippen LogP contribution in [0, 0.1) is 0 Å². The highest BCUT2D eigenvalue weighted by atomic mass is 31.2. The summed E-state index contributed by atoms with van der Waals surface area (Å²) in [5.74, 6) is 0.0678. The van der Waals surface area contributed by atoms with Crippen LogP contribution in [0.4, 0.5) is 0 Å². The maximum atomic E-state index is 11.4. The van der Waals surface area contributed by atoms with Crippen LogP contribution in [0.3, 0.4) is 0 Å². The summed E-state index contributed by atoms with van der Waals surface area (Å²) in [6, 6.07) is 7.66. The van der Waals surface area contributed by atoms with E-state index in [2.05, 4.69) is 4.99 Å². The van der Waals surface area contributed by atoms with Gasteiger partial charge in [-0.1, -0.05) is 24.3 Å². The minimum atomic E-state index is -2.44. The van der Waals surface area contributed by atoms with Crippen molar-refractivity contribution in [1.29, 1.82) is 0 Å². The van der Waals surface area contributed by atoms with Gasteiger partial charge < -0.3 is 16.0 Å². The van der Waals surface area contributed by atoms with Crippen molar-refractivity contribution in [3.8, 4) is 0 Å². The van der Waals surface area contributed by atoms with Crippen LogP contribution in [0.25, 0.3) is 0 Å². The molecule has 0 bridgehead atoms. The molecule has 0 saturated heterocycles. The highest BCUT2D eigenvalue weighted by molar-refractivity contribution is 7.57. The van der Waals surface area contributed by atoms with Gasteiger partial charge in [-0.15, -0.1) is 0 Å². The molecule has 0 amide bonds. The number of rotatable bonds is 5. The lowest BCUT2D eigenvalue weighted by Gasteiger charge is -2.09. The molecular formula is C11H18N3O2P. The summed E-state index contributed by atoms with van der Waals surface area (Å²) in [7, 11) is -2.44. The van der Waals surface area contributed by atoms with Crippen LogP contribution in [0.2, 0.25) is 0 Å². The summed E-state index contributed by atoms with van der Waals surface area (Å²) >= 11 is 0. The fourth-order valence-electron chi connectivity index (χ4n) is 1.23. The summed E-state index contributed by atoms with van der Waals surface area (Å²) in [6.07, 6.45) is 0. The van der Waals surface area contributed by atoms with Crippen molar-refractivity contribution in [2.75, 3.05) is 13.3 Å². The van der Waals surface area contributed by atoms with Crippen LogP contribution < -0.4 is 11.5 Å². The van der Waals surface area contributed by atoms with E-state index in [-0.39, 0.29) is 5.96 Å². The zero-order valence-electron chi connectivity index (χ0n) is 10.1. The Balaban J connectivity index is 2.66. The second kappa shape index (κ2) is 5.84.